The van der Waals surface area contributed by atoms with E-state index in [0.29, 0.717) is 29.0 Å². The number of rotatable bonds is 8. The van der Waals surface area contributed by atoms with E-state index >= 15 is 0 Å². The van der Waals surface area contributed by atoms with Crippen molar-refractivity contribution in [1.82, 2.24) is 4.57 Å². The molecule has 0 spiro atoms. The van der Waals surface area contributed by atoms with E-state index in [0.717, 1.165) is 22.5 Å². The van der Waals surface area contributed by atoms with Gasteiger partial charge in [-0.1, -0.05) is 0 Å². The molecule has 7 heteroatoms. The fourth-order valence-corrected chi connectivity index (χ4v) is 3.64. The molecule has 3 heterocycles. The number of ketones is 1. The van der Waals surface area contributed by atoms with Crippen LogP contribution in [0.15, 0.2) is 57.8 Å². The number of esters is 1. The number of methoxy groups -OCH3 is 1. The SMILES string of the molecule is COc1ccc2c(CC(=O)OCC(=O)c3cc(C)n(Cc4ccco4)c3C)coc2c1. The molecule has 4 aromatic rings. The minimum atomic E-state index is -0.490. The Morgan fingerprint density at radius 3 is 2.68 bits per heavy atom. The van der Waals surface area contributed by atoms with E-state index in [1.54, 1.807) is 25.5 Å². The van der Waals surface area contributed by atoms with E-state index < -0.39 is 5.97 Å². The quantitative estimate of drug-likeness (QED) is 0.308. The summed E-state index contributed by atoms with van der Waals surface area (Å²) in [7, 11) is 1.58. The zero-order valence-electron chi connectivity index (χ0n) is 17.6. The number of nitrogens with zero attached hydrogens (tertiary/aromatic N) is 1. The second-order valence-electron chi connectivity index (χ2n) is 7.33. The normalized spacial score (nSPS) is 11.1. The standard InChI is InChI=1S/C24H23NO6/c1-15-9-21(16(2)25(15)12-19-5-4-8-29-19)22(26)14-31-24(27)10-17-13-30-23-11-18(28-3)6-7-20(17)23/h4-9,11,13H,10,12,14H2,1-3H3. The highest BCUT2D eigenvalue weighted by Gasteiger charge is 2.19. The van der Waals surface area contributed by atoms with E-state index in [9.17, 15) is 9.59 Å². The van der Waals surface area contributed by atoms with Gasteiger partial charge in [0, 0.05) is 34.0 Å². The molecule has 0 amide bonds. The summed E-state index contributed by atoms with van der Waals surface area (Å²) in [5.41, 5.74) is 3.61. The fraction of sp³-hybridized carbons (Fsp3) is 0.250. The number of fused-ring (bicyclic) bond motifs is 1. The molecule has 0 fully saturated rings. The van der Waals surface area contributed by atoms with Crippen LogP contribution in [0.25, 0.3) is 11.0 Å². The van der Waals surface area contributed by atoms with Crippen molar-refractivity contribution in [3.63, 3.8) is 0 Å². The zero-order valence-corrected chi connectivity index (χ0v) is 17.6. The number of benzene rings is 1. The minimum Gasteiger partial charge on any atom is -0.497 e. The number of Topliss-reactive ketones (excluding diaryl/α,β-unsaturated/α-hetero) is 1. The molecule has 0 saturated heterocycles. The summed E-state index contributed by atoms with van der Waals surface area (Å²) in [6, 6.07) is 10.9. The number of aromatic nitrogens is 1. The lowest BCUT2D eigenvalue weighted by atomic mass is 10.1. The van der Waals surface area contributed by atoms with Gasteiger partial charge in [-0.2, -0.15) is 0 Å². The number of carbonyl (C=O) groups excluding carboxylic acids is 2. The van der Waals surface area contributed by atoms with E-state index in [1.807, 2.05) is 42.7 Å². The van der Waals surface area contributed by atoms with Gasteiger partial charge in [0.2, 0.25) is 5.78 Å². The van der Waals surface area contributed by atoms with Crippen LogP contribution in [-0.4, -0.2) is 30.0 Å². The molecule has 4 rings (SSSR count). The van der Waals surface area contributed by atoms with E-state index in [1.165, 1.54) is 6.26 Å². The molecule has 0 radical (unpaired) electrons. The van der Waals surface area contributed by atoms with Crippen LogP contribution in [0.4, 0.5) is 0 Å². The monoisotopic (exact) mass is 421 g/mol. The lowest BCUT2D eigenvalue weighted by Gasteiger charge is -2.08. The summed E-state index contributed by atoms with van der Waals surface area (Å²) in [5, 5.41) is 0.811. The lowest BCUT2D eigenvalue weighted by Crippen LogP contribution is -2.16. The van der Waals surface area contributed by atoms with E-state index in [4.69, 9.17) is 18.3 Å². The third-order valence-electron chi connectivity index (χ3n) is 5.33. The highest BCUT2D eigenvalue weighted by Crippen LogP contribution is 2.26. The van der Waals surface area contributed by atoms with Gasteiger partial charge in [-0.3, -0.25) is 9.59 Å². The molecule has 1 aromatic carbocycles. The molecular formula is C24H23NO6. The smallest absolute Gasteiger partial charge is 0.310 e. The van der Waals surface area contributed by atoms with Crippen molar-refractivity contribution in [2.75, 3.05) is 13.7 Å². The average molecular weight is 421 g/mol. The first-order valence-electron chi connectivity index (χ1n) is 9.88. The summed E-state index contributed by atoms with van der Waals surface area (Å²) >= 11 is 0. The van der Waals surface area contributed by atoms with Crippen molar-refractivity contribution < 1.29 is 27.9 Å². The Bertz CT molecular complexity index is 1230. The van der Waals surface area contributed by atoms with Crippen LogP contribution in [0.3, 0.4) is 0 Å². The summed E-state index contributed by atoms with van der Waals surface area (Å²) < 4.78 is 23.3. The summed E-state index contributed by atoms with van der Waals surface area (Å²) in [4.78, 5) is 25.0. The van der Waals surface area contributed by atoms with Gasteiger partial charge in [-0.05, 0) is 44.2 Å². The van der Waals surface area contributed by atoms with Gasteiger partial charge in [0.15, 0.2) is 6.61 Å². The predicted molar refractivity (Wildman–Crippen MR) is 113 cm³/mol. The third kappa shape index (κ3) is 4.26. The van der Waals surface area contributed by atoms with Gasteiger partial charge in [0.1, 0.15) is 17.1 Å². The number of hydrogen-bond donors (Lipinski definition) is 0. The van der Waals surface area contributed by atoms with Crippen LogP contribution < -0.4 is 4.74 Å². The van der Waals surface area contributed by atoms with Crippen molar-refractivity contribution in [3.05, 3.63) is 77.2 Å². The molecule has 0 aliphatic heterocycles. The van der Waals surface area contributed by atoms with Crippen LogP contribution in [0.5, 0.6) is 5.75 Å². The summed E-state index contributed by atoms with van der Waals surface area (Å²) in [6.45, 7) is 4.03. The first-order chi connectivity index (χ1) is 15.0. The predicted octanol–water partition coefficient (Wildman–Crippen LogP) is 4.47. The van der Waals surface area contributed by atoms with Gasteiger partial charge in [0.05, 0.1) is 32.6 Å². The number of furan rings is 2. The van der Waals surface area contributed by atoms with Crippen molar-refractivity contribution in [2.24, 2.45) is 0 Å². The number of ether oxygens (including phenoxy) is 2. The maximum absolute atomic E-state index is 12.7. The summed E-state index contributed by atoms with van der Waals surface area (Å²) in [6.07, 6.45) is 3.16. The Morgan fingerprint density at radius 2 is 1.94 bits per heavy atom. The molecule has 0 aliphatic carbocycles. The van der Waals surface area contributed by atoms with Crippen LogP contribution in [0, 0.1) is 13.8 Å². The van der Waals surface area contributed by atoms with Crippen molar-refractivity contribution >= 4 is 22.7 Å². The number of carbonyl (C=O) groups is 2. The van der Waals surface area contributed by atoms with Gasteiger partial charge < -0.3 is 22.9 Å². The number of hydrogen-bond acceptors (Lipinski definition) is 6. The molecule has 0 atom stereocenters. The Hall–Kier alpha value is -3.74. The fourth-order valence-electron chi connectivity index (χ4n) is 3.64. The van der Waals surface area contributed by atoms with E-state index in [-0.39, 0.29) is 18.8 Å². The Kier molecular flexibility index (Phi) is 5.66. The van der Waals surface area contributed by atoms with Crippen LogP contribution >= 0.6 is 0 Å². The van der Waals surface area contributed by atoms with Gasteiger partial charge >= 0.3 is 5.97 Å². The molecule has 7 nitrogen and oxygen atoms in total. The molecule has 3 aromatic heterocycles. The first-order valence-corrected chi connectivity index (χ1v) is 9.88. The maximum Gasteiger partial charge on any atom is 0.310 e. The first kappa shape index (κ1) is 20.5. The Labute approximate surface area is 179 Å². The van der Waals surface area contributed by atoms with Crippen LogP contribution in [0.1, 0.15) is 33.1 Å². The largest absolute Gasteiger partial charge is 0.497 e. The number of aryl methyl sites for hydroxylation is 1. The maximum atomic E-state index is 12.7. The second-order valence-corrected chi connectivity index (χ2v) is 7.33. The molecule has 160 valence electrons. The molecule has 0 saturated carbocycles. The second kappa shape index (κ2) is 8.55. The molecule has 31 heavy (non-hydrogen) atoms. The van der Waals surface area contributed by atoms with Gasteiger partial charge in [0.25, 0.3) is 0 Å². The minimum absolute atomic E-state index is 0.0180. The van der Waals surface area contributed by atoms with Crippen molar-refractivity contribution in [2.45, 2.75) is 26.8 Å². The van der Waals surface area contributed by atoms with Crippen molar-refractivity contribution in [1.29, 1.82) is 0 Å². The molecule has 0 aliphatic rings. The van der Waals surface area contributed by atoms with Crippen LogP contribution in [0.2, 0.25) is 0 Å². The summed E-state index contributed by atoms with van der Waals surface area (Å²) in [5.74, 6) is 0.744. The lowest BCUT2D eigenvalue weighted by molar-refractivity contribution is -0.141. The van der Waals surface area contributed by atoms with Gasteiger partial charge in [-0.25, -0.2) is 0 Å². The topological polar surface area (TPSA) is 83.8 Å². The zero-order chi connectivity index (χ0) is 22.0. The highest BCUT2D eigenvalue weighted by atomic mass is 16.5. The molecule has 0 N–H and O–H groups in total. The Morgan fingerprint density at radius 1 is 1.10 bits per heavy atom. The van der Waals surface area contributed by atoms with Gasteiger partial charge in [-0.15, -0.1) is 0 Å². The highest BCUT2D eigenvalue weighted by molar-refractivity contribution is 5.99. The average Bonchev–Trinajstić information content (AvgIpc) is 3.48. The Balaban J connectivity index is 1.39. The molecule has 0 bridgehead atoms. The molecule has 0 unspecified atom stereocenters. The molecular weight excluding hydrogens is 398 g/mol. The van der Waals surface area contributed by atoms with E-state index in [2.05, 4.69) is 0 Å². The van der Waals surface area contributed by atoms with Crippen LogP contribution in [-0.2, 0) is 22.5 Å². The van der Waals surface area contributed by atoms with Crippen molar-refractivity contribution in [3.8, 4) is 5.75 Å². The third-order valence-corrected chi connectivity index (χ3v) is 5.33.